The minimum Gasteiger partial charge on any atom is -0.889 e. The summed E-state index contributed by atoms with van der Waals surface area (Å²) >= 11 is 0. The first-order chi connectivity index (χ1) is 8.24. The van der Waals surface area contributed by atoms with Crippen LogP contribution < -0.4 is 27.8 Å². The molecule has 0 radical (unpaired) electrons. The Bertz CT molecular complexity index is 305. The lowest BCUT2D eigenvalue weighted by Crippen LogP contribution is -2.55. The summed E-state index contributed by atoms with van der Waals surface area (Å²) in [4.78, 5) is 0. The van der Waals surface area contributed by atoms with Crippen LogP contribution in [0.3, 0.4) is 0 Å². The van der Waals surface area contributed by atoms with Crippen molar-refractivity contribution < 1.29 is 10.0 Å². The van der Waals surface area contributed by atoms with Gasteiger partial charge in [-0.25, -0.2) is 0 Å². The highest BCUT2D eigenvalue weighted by Gasteiger charge is 1.94. The van der Waals surface area contributed by atoms with Gasteiger partial charge in [0.25, 0.3) is 0 Å². The van der Waals surface area contributed by atoms with Crippen LogP contribution in [-0.4, -0.2) is 7.12 Å². The van der Waals surface area contributed by atoms with Gasteiger partial charge < -0.3 is 22.3 Å². The minimum atomic E-state index is -1.85. The van der Waals surface area contributed by atoms with Gasteiger partial charge in [-0.15, -0.1) is 5.46 Å². The van der Waals surface area contributed by atoms with Gasteiger partial charge in [0, 0.05) is 0 Å². The van der Waals surface area contributed by atoms with Crippen LogP contribution in [0.1, 0.15) is 51.0 Å². The van der Waals surface area contributed by atoms with Crippen molar-refractivity contribution >= 4 is 12.6 Å². The summed E-state index contributed by atoms with van der Waals surface area (Å²) in [7, 11) is -1.85. The molecule has 1 aromatic rings. The summed E-state index contributed by atoms with van der Waals surface area (Å²) in [5, 5.41) is 21.3. The molecule has 0 aromatic heterocycles. The zero-order chi connectivity index (χ0) is 12.5. The molecule has 0 saturated carbocycles. The largest absolute Gasteiger partial charge is 0.889 e. The van der Waals surface area contributed by atoms with Crippen LogP contribution in [0.5, 0.6) is 0 Å². The molecule has 1 aromatic carbocycles. The maximum Gasteiger partial charge on any atom is -0.0279 e. The van der Waals surface area contributed by atoms with E-state index in [9.17, 15) is 10.0 Å². The standard InChI is InChI=1S/C14H21BO2.2H3N/c1-2-3-4-5-6-7-8-13-9-11-14(12-10-13)15(16)17;;/h9-12H,2-8H2,1H3;2*1H3/q-2;;/p+2. The number of unbranched alkanes of at least 4 members (excludes halogenated alkanes) is 5. The summed E-state index contributed by atoms with van der Waals surface area (Å²) < 4.78 is 0. The van der Waals surface area contributed by atoms with Gasteiger partial charge in [0.1, 0.15) is 0 Å². The summed E-state index contributed by atoms with van der Waals surface area (Å²) in [6, 6.07) is 7.14. The normalized spacial score (nSPS) is 9.42. The van der Waals surface area contributed by atoms with E-state index in [4.69, 9.17) is 0 Å². The molecule has 0 fully saturated rings. The van der Waals surface area contributed by atoms with Crippen LogP contribution in [0.25, 0.3) is 0 Å². The maximum atomic E-state index is 10.6. The molecule has 19 heavy (non-hydrogen) atoms. The third-order valence-corrected chi connectivity index (χ3v) is 3.07. The van der Waals surface area contributed by atoms with E-state index in [1.807, 2.05) is 12.1 Å². The highest BCUT2D eigenvalue weighted by atomic mass is 16.4. The van der Waals surface area contributed by atoms with Gasteiger partial charge in [-0.1, -0.05) is 70.4 Å². The fraction of sp³-hybridized carbons (Fsp3) is 0.571. The van der Waals surface area contributed by atoms with Crippen molar-refractivity contribution in [2.24, 2.45) is 0 Å². The van der Waals surface area contributed by atoms with Gasteiger partial charge in [-0.2, -0.15) is 0 Å². The van der Waals surface area contributed by atoms with E-state index >= 15 is 0 Å². The molecular formula is C14H29BN2O2. The first kappa shape index (κ1) is 20.4. The number of rotatable bonds is 8. The average molecular weight is 268 g/mol. The van der Waals surface area contributed by atoms with Gasteiger partial charge in [0.15, 0.2) is 0 Å². The fourth-order valence-electron chi connectivity index (χ4n) is 1.95. The van der Waals surface area contributed by atoms with E-state index < -0.39 is 7.12 Å². The van der Waals surface area contributed by atoms with E-state index in [0.29, 0.717) is 5.46 Å². The Morgan fingerprint density at radius 3 is 1.89 bits per heavy atom. The van der Waals surface area contributed by atoms with Gasteiger partial charge in [0.05, 0.1) is 0 Å². The first-order valence-corrected chi connectivity index (χ1v) is 6.64. The van der Waals surface area contributed by atoms with Crippen LogP contribution in [0.15, 0.2) is 24.3 Å². The smallest absolute Gasteiger partial charge is 0.0279 e. The van der Waals surface area contributed by atoms with Gasteiger partial charge in [0.2, 0.25) is 0 Å². The number of hydrogen-bond acceptors (Lipinski definition) is 2. The van der Waals surface area contributed by atoms with Crippen LogP contribution in [-0.2, 0) is 6.42 Å². The van der Waals surface area contributed by atoms with E-state index in [0.717, 1.165) is 6.42 Å². The highest BCUT2D eigenvalue weighted by Crippen LogP contribution is 2.09. The number of benzene rings is 1. The van der Waals surface area contributed by atoms with Crippen LogP contribution in [0.4, 0.5) is 0 Å². The second kappa shape index (κ2) is 12.2. The number of quaternary nitrogens is 2. The lowest BCUT2D eigenvalue weighted by molar-refractivity contribution is -0.341. The lowest BCUT2D eigenvalue weighted by atomic mass is 9.80. The van der Waals surface area contributed by atoms with Crippen molar-refractivity contribution in [2.75, 3.05) is 0 Å². The van der Waals surface area contributed by atoms with Crippen LogP contribution >= 0.6 is 0 Å². The molecule has 0 aliphatic heterocycles. The Labute approximate surface area is 117 Å². The quantitative estimate of drug-likeness (QED) is 0.551. The lowest BCUT2D eigenvalue weighted by Gasteiger charge is -2.26. The molecule has 0 unspecified atom stereocenters. The summed E-state index contributed by atoms with van der Waals surface area (Å²) in [5.74, 6) is 0. The molecule has 110 valence electrons. The van der Waals surface area contributed by atoms with Crippen molar-refractivity contribution in [3.63, 3.8) is 0 Å². The number of hydrogen-bond donors (Lipinski definition) is 2. The van der Waals surface area contributed by atoms with Crippen LogP contribution in [0, 0.1) is 0 Å². The fourth-order valence-corrected chi connectivity index (χ4v) is 1.95. The second-order valence-corrected chi connectivity index (χ2v) is 4.59. The van der Waals surface area contributed by atoms with Crippen molar-refractivity contribution in [3.05, 3.63) is 29.8 Å². The molecule has 0 atom stereocenters. The average Bonchev–Trinajstić information content (AvgIpc) is 2.34. The molecule has 0 aliphatic rings. The third-order valence-electron chi connectivity index (χ3n) is 3.07. The number of aryl methyl sites for hydroxylation is 1. The molecule has 0 saturated heterocycles. The molecule has 0 aliphatic carbocycles. The first-order valence-electron chi connectivity index (χ1n) is 6.64. The SMILES string of the molecule is CCCCCCCCc1ccc(B([O-])[O-])cc1.[NH4+].[NH4+]. The van der Waals surface area contributed by atoms with E-state index in [1.165, 1.54) is 44.1 Å². The highest BCUT2D eigenvalue weighted by molar-refractivity contribution is 6.55. The Hall–Kier alpha value is -0.875. The Kier molecular flexibility index (Phi) is 13.1. The van der Waals surface area contributed by atoms with Gasteiger partial charge in [-0.05, 0) is 18.4 Å². The van der Waals surface area contributed by atoms with E-state index in [-0.39, 0.29) is 12.3 Å². The van der Waals surface area contributed by atoms with Gasteiger partial charge in [-0.3, -0.25) is 0 Å². The van der Waals surface area contributed by atoms with Crippen molar-refractivity contribution in [1.82, 2.24) is 12.3 Å². The van der Waals surface area contributed by atoms with Crippen molar-refractivity contribution in [2.45, 2.75) is 51.9 Å². The Balaban J connectivity index is 0. The topological polar surface area (TPSA) is 119 Å². The minimum absolute atomic E-state index is 0. The molecule has 0 heterocycles. The molecule has 4 nitrogen and oxygen atoms in total. The predicted molar refractivity (Wildman–Crippen MR) is 80.9 cm³/mol. The molecule has 0 bridgehead atoms. The zero-order valence-electron chi connectivity index (χ0n) is 12.7. The Morgan fingerprint density at radius 2 is 1.37 bits per heavy atom. The second-order valence-electron chi connectivity index (χ2n) is 4.59. The van der Waals surface area contributed by atoms with Crippen molar-refractivity contribution in [3.8, 4) is 0 Å². The molecule has 8 N–H and O–H groups in total. The monoisotopic (exact) mass is 268 g/mol. The summed E-state index contributed by atoms with van der Waals surface area (Å²) in [6.07, 6.45) is 8.79. The summed E-state index contributed by atoms with van der Waals surface area (Å²) in [5.41, 5.74) is 1.57. The Morgan fingerprint density at radius 1 is 0.842 bits per heavy atom. The van der Waals surface area contributed by atoms with Crippen LogP contribution in [0.2, 0.25) is 0 Å². The van der Waals surface area contributed by atoms with Crippen molar-refractivity contribution in [1.29, 1.82) is 0 Å². The molecule has 0 spiro atoms. The molecule has 5 heteroatoms. The third kappa shape index (κ3) is 8.78. The predicted octanol–water partition coefficient (Wildman–Crippen LogP) is 1.76. The molecular weight excluding hydrogens is 239 g/mol. The molecule has 1 rings (SSSR count). The molecule has 0 amide bonds. The zero-order valence-corrected chi connectivity index (χ0v) is 12.7. The maximum absolute atomic E-state index is 10.6. The van der Waals surface area contributed by atoms with E-state index in [1.54, 1.807) is 12.1 Å². The van der Waals surface area contributed by atoms with Gasteiger partial charge >= 0.3 is 0 Å². The summed E-state index contributed by atoms with van der Waals surface area (Å²) in [6.45, 7) is 2.22. The van der Waals surface area contributed by atoms with E-state index in [2.05, 4.69) is 6.92 Å².